The molecule has 2 aliphatic rings. The number of carboxylic acids is 1. The summed E-state index contributed by atoms with van der Waals surface area (Å²) in [6.45, 7) is 3.40. The maximum atomic E-state index is 12.9. The van der Waals surface area contributed by atoms with E-state index >= 15 is 0 Å². The van der Waals surface area contributed by atoms with Crippen LogP contribution in [0.4, 0.5) is 5.13 Å². The predicted molar refractivity (Wildman–Crippen MR) is 137 cm³/mol. The van der Waals surface area contributed by atoms with Crippen LogP contribution < -0.4 is 16.6 Å². The molecule has 0 saturated carbocycles. The first-order chi connectivity index (χ1) is 18.1. The van der Waals surface area contributed by atoms with E-state index in [0.29, 0.717) is 0 Å². The van der Waals surface area contributed by atoms with Crippen LogP contribution in [0, 0.1) is 5.41 Å². The van der Waals surface area contributed by atoms with Crippen LogP contribution in [0.25, 0.3) is 0 Å². The van der Waals surface area contributed by atoms with E-state index in [1.54, 1.807) is 0 Å². The molecule has 2 fully saturated rings. The van der Waals surface area contributed by atoms with Crippen molar-refractivity contribution in [3.63, 3.8) is 0 Å². The minimum absolute atomic E-state index is 0.0180. The number of β-lactam (4-membered cyclic amide) rings is 1. The van der Waals surface area contributed by atoms with Gasteiger partial charge >= 0.3 is 11.5 Å². The summed E-state index contributed by atoms with van der Waals surface area (Å²) in [5.74, 6) is -3.11. The first-order valence-corrected chi connectivity index (χ1v) is 13.5. The number of hydrogen-bond donors (Lipinski definition) is 4. The average Bonchev–Trinajstić information content (AvgIpc) is 3.31. The molecule has 38 heavy (non-hydrogen) atoms. The van der Waals surface area contributed by atoms with E-state index in [0.717, 1.165) is 23.3 Å². The standard InChI is InChI=1S/C19H21N9O7S3/c1-3-4-35-25-8(10-22-17(20)38-26-10)11(29)21-9-14(32)28-5-19(16(33)34,6-36-15(9)28)7-37-18-23-12(30)13(31)24-27(18)2/h3,9,15H,1,4-7H2,2H3,(H,21,29)(H,24,31)(H,33,34)(H2,20,22,26)/t9?,15-,19?/m1/s1. The molecule has 4 rings (SSSR count). The lowest BCUT2D eigenvalue weighted by Crippen LogP contribution is -2.74. The Kier molecular flexibility index (Phi) is 7.88. The van der Waals surface area contributed by atoms with E-state index in [9.17, 15) is 29.4 Å². The van der Waals surface area contributed by atoms with Crippen LogP contribution in [0.3, 0.4) is 0 Å². The number of nitrogens with zero attached hydrogens (tertiary/aromatic N) is 7. The van der Waals surface area contributed by atoms with Crippen molar-refractivity contribution in [1.82, 2.24) is 34.3 Å². The zero-order valence-corrected chi connectivity index (χ0v) is 22.1. The summed E-state index contributed by atoms with van der Waals surface area (Å²) in [5, 5.41) is 29.1. The Morgan fingerprint density at radius 2 is 2.18 bits per heavy atom. The maximum absolute atomic E-state index is 12.9. The number of aromatic hydroxyl groups is 1. The molecule has 0 radical (unpaired) electrons. The number of nitrogens with one attached hydrogen (secondary N) is 1. The van der Waals surface area contributed by atoms with Crippen LogP contribution in [0.15, 0.2) is 27.8 Å². The number of amides is 2. The minimum Gasteiger partial charge on any atom is -0.488 e. The van der Waals surface area contributed by atoms with Gasteiger partial charge in [0.2, 0.25) is 17.4 Å². The van der Waals surface area contributed by atoms with Crippen LogP contribution in [0.5, 0.6) is 5.88 Å². The van der Waals surface area contributed by atoms with E-state index in [4.69, 9.17) is 10.6 Å². The Bertz CT molecular complexity index is 1380. The fourth-order valence-corrected chi connectivity index (χ4v) is 6.75. The third-order valence-corrected chi connectivity index (χ3v) is 8.93. The van der Waals surface area contributed by atoms with Gasteiger partial charge in [-0.2, -0.15) is 14.3 Å². The number of carbonyl (C=O) groups is 3. The van der Waals surface area contributed by atoms with Gasteiger partial charge in [-0.1, -0.05) is 29.6 Å². The van der Waals surface area contributed by atoms with Crippen molar-refractivity contribution in [2.24, 2.45) is 17.6 Å². The summed E-state index contributed by atoms with van der Waals surface area (Å²) in [5.41, 5.74) is 3.04. The molecule has 4 heterocycles. The van der Waals surface area contributed by atoms with Crippen LogP contribution >= 0.6 is 35.1 Å². The van der Waals surface area contributed by atoms with Crippen molar-refractivity contribution >= 4 is 63.7 Å². The molecular weight excluding hydrogens is 562 g/mol. The molecule has 202 valence electrons. The molecule has 0 aliphatic carbocycles. The van der Waals surface area contributed by atoms with Gasteiger partial charge in [-0.15, -0.1) is 16.9 Å². The summed E-state index contributed by atoms with van der Waals surface area (Å²) in [7, 11) is 1.45. The highest BCUT2D eigenvalue weighted by atomic mass is 32.2. The number of aromatic nitrogens is 5. The molecule has 2 unspecified atom stereocenters. The van der Waals surface area contributed by atoms with Crippen LogP contribution in [0.2, 0.25) is 0 Å². The lowest BCUT2D eigenvalue weighted by atomic mass is 9.89. The van der Waals surface area contributed by atoms with Crippen molar-refractivity contribution in [2.45, 2.75) is 16.6 Å². The van der Waals surface area contributed by atoms with Crippen molar-refractivity contribution in [1.29, 1.82) is 0 Å². The van der Waals surface area contributed by atoms with E-state index in [2.05, 4.69) is 36.5 Å². The molecule has 0 spiro atoms. The third-order valence-electron chi connectivity index (χ3n) is 5.49. The molecule has 2 aliphatic heterocycles. The number of carboxylic acid groups (broad SMARTS) is 1. The summed E-state index contributed by atoms with van der Waals surface area (Å²) in [6, 6.07) is -0.934. The molecule has 2 aromatic rings. The number of aliphatic carboxylic acids is 1. The molecule has 2 saturated heterocycles. The SMILES string of the molecule is C=CCON=C(C(=O)NC1C(=O)N2CC(CSc3nc(=O)c(O)nn3C)(C(=O)O)CS[C@H]12)c1nsc(N)n1. The first-order valence-electron chi connectivity index (χ1n) is 10.7. The van der Waals surface area contributed by atoms with Gasteiger partial charge in [0.05, 0.1) is 0 Å². The van der Waals surface area contributed by atoms with Crippen molar-refractivity contribution in [3.05, 3.63) is 28.8 Å². The minimum atomic E-state index is -1.36. The predicted octanol–water partition coefficient (Wildman–Crippen LogP) is -1.52. The Balaban J connectivity index is 1.45. The van der Waals surface area contributed by atoms with Crippen LogP contribution in [-0.2, 0) is 26.3 Å². The summed E-state index contributed by atoms with van der Waals surface area (Å²) in [4.78, 5) is 63.9. The number of hydrogen-bond acceptors (Lipinski definition) is 15. The fraction of sp³-hybridized carbons (Fsp3) is 0.421. The lowest BCUT2D eigenvalue weighted by molar-refractivity contribution is -0.157. The van der Waals surface area contributed by atoms with Gasteiger partial charge in [0, 0.05) is 36.6 Å². The van der Waals surface area contributed by atoms with Crippen molar-refractivity contribution in [2.75, 3.05) is 30.4 Å². The number of nitrogens with two attached hydrogens (primary N) is 1. The number of carbonyl (C=O) groups excluding carboxylic acids is 2. The van der Waals surface area contributed by atoms with Gasteiger partial charge in [0.1, 0.15) is 23.4 Å². The Labute approximate surface area is 226 Å². The van der Waals surface area contributed by atoms with Crippen LogP contribution in [0.1, 0.15) is 5.82 Å². The zero-order valence-electron chi connectivity index (χ0n) is 19.6. The van der Waals surface area contributed by atoms with E-state index in [1.165, 1.54) is 34.5 Å². The second-order valence-electron chi connectivity index (χ2n) is 8.12. The summed E-state index contributed by atoms with van der Waals surface area (Å²) >= 11 is 3.03. The number of nitrogen functional groups attached to an aromatic ring is 1. The van der Waals surface area contributed by atoms with Crippen LogP contribution in [-0.4, -0.2) is 98.8 Å². The Morgan fingerprint density at radius 3 is 2.84 bits per heavy atom. The number of rotatable bonds is 10. The number of anilines is 1. The molecule has 16 nitrogen and oxygen atoms in total. The van der Waals surface area contributed by atoms with Gasteiger partial charge in [-0.05, 0) is 0 Å². The van der Waals surface area contributed by atoms with Gasteiger partial charge in [0.25, 0.3) is 11.8 Å². The normalized spacial score (nSPS) is 22.8. The molecule has 3 atom stereocenters. The smallest absolute Gasteiger partial charge is 0.336 e. The Morgan fingerprint density at radius 1 is 1.42 bits per heavy atom. The van der Waals surface area contributed by atoms with Gasteiger partial charge in [-0.25, -0.2) is 4.68 Å². The topological polar surface area (TPSA) is 228 Å². The highest BCUT2D eigenvalue weighted by molar-refractivity contribution is 8.00. The number of fused-ring (bicyclic) bond motifs is 1. The summed E-state index contributed by atoms with van der Waals surface area (Å²) < 4.78 is 5.13. The molecule has 2 aromatic heterocycles. The highest BCUT2D eigenvalue weighted by Crippen LogP contribution is 2.44. The second-order valence-corrected chi connectivity index (χ2v) is 11.0. The largest absolute Gasteiger partial charge is 0.488 e. The monoisotopic (exact) mass is 583 g/mol. The Hall–Kier alpha value is -3.71. The van der Waals surface area contributed by atoms with Crippen molar-refractivity contribution < 1.29 is 29.4 Å². The summed E-state index contributed by atoms with van der Waals surface area (Å²) in [6.07, 6.45) is 1.43. The van der Waals surface area contributed by atoms with Crippen molar-refractivity contribution in [3.8, 4) is 5.88 Å². The molecular formula is C19H21N9O7S3. The number of oxime groups is 1. The average molecular weight is 584 g/mol. The second kappa shape index (κ2) is 11.0. The van der Waals surface area contributed by atoms with E-state index in [-0.39, 0.29) is 46.5 Å². The van der Waals surface area contributed by atoms with E-state index in [1.807, 2.05) is 0 Å². The quantitative estimate of drug-likeness (QED) is 0.0622. The zero-order chi connectivity index (χ0) is 27.6. The highest BCUT2D eigenvalue weighted by Gasteiger charge is 2.57. The van der Waals surface area contributed by atoms with Gasteiger partial charge in [-0.3, -0.25) is 19.2 Å². The third kappa shape index (κ3) is 5.29. The number of aryl methyl sites for hydroxylation is 1. The molecule has 2 amide bonds. The molecule has 5 N–H and O–H groups in total. The van der Waals surface area contributed by atoms with Gasteiger partial charge in [0.15, 0.2) is 10.3 Å². The lowest BCUT2D eigenvalue weighted by Gasteiger charge is -2.53. The fourth-order valence-electron chi connectivity index (χ4n) is 3.55. The molecule has 19 heteroatoms. The number of thioether (sulfide) groups is 2. The molecule has 0 aromatic carbocycles. The first kappa shape index (κ1) is 27.3. The molecule has 0 bridgehead atoms. The van der Waals surface area contributed by atoms with E-state index < -0.39 is 46.1 Å². The van der Waals surface area contributed by atoms with Gasteiger partial charge < -0.3 is 31.0 Å². The maximum Gasteiger partial charge on any atom is 0.336 e.